The van der Waals surface area contributed by atoms with E-state index in [0.717, 1.165) is 30.6 Å². The molecule has 19 heavy (non-hydrogen) atoms. The van der Waals surface area contributed by atoms with Gasteiger partial charge in [-0.05, 0) is 51.1 Å². The smallest absolute Gasteiger partial charge is 0.0238 e. The summed E-state index contributed by atoms with van der Waals surface area (Å²) in [5.74, 6) is 0.753. The maximum Gasteiger partial charge on any atom is 0.0238 e. The lowest BCUT2D eigenvalue weighted by Gasteiger charge is -2.42. The Balaban J connectivity index is 1.62. The van der Waals surface area contributed by atoms with E-state index in [-0.39, 0.29) is 0 Å². The van der Waals surface area contributed by atoms with Gasteiger partial charge in [0.1, 0.15) is 0 Å². The summed E-state index contributed by atoms with van der Waals surface area (Å²) < 4.78 is 0. The van der Waals surface area contributed by atoms with Gasteiger partial charge in [0.25, 0.3) is 0 Å². The van der Waals surface area contributed by atoms with Crippen molar-refractivity contribution in [3.63, 3.8) is 0 Å². The SMILES string of the molecule is CCN(C1CCN(C2CC2)C1)C1CCCCC1CN. The molecule has 3 heteroatoms. The highest BCUT2D eigenvalue weighted by Gasteiger charge is 2.39. The molecule has 1 saturated heterocycles. The molecular weight excluding hydrogens is 234 g/mol. The molecule has 2 aliphatic carbocycles. The summed E-state index contributed by atoms with van der Waals surface area (Å²) in [6.45, 7) is 7.12. The van der Waals surface area contributed by atoms with Crippen LogP contribution in [0.3, 0.4) is 0 Å². The average Bonchev–Trinajstić information content (AvgIpc) is 3.20. The molecule has 0 aromatic rings. The zero-order valence-corrected chi connectivity index (χ0v) is 12.6. The lowest BCUT2D eigenvalue weighted by molar-refractivity contribution is 0.0723. The molecule has 1 heterocycles. The van der Waals surface area contributed by atoms with E-state index >= 15 is 0 Å². The molecule has 1 aliphatic heterocycles. The molecule has 3 rings (SSSR count). The number of likely N-dealkylation sites (tertiary alicyclic amines) is 1. The van der Waals surface area contributed by atoms with Crippen molar-refractivity contribution in [3.8, 4) is 0 Å². The van der Waals surface area contributed by atoms with Crippen LogP contribution in [0.1, 0.15) is 51.9 Å². The standard InChI is InChI=1S/C16H31N3/c1-2-19(16-6-4-3-5-13(16)11-17)15-9-10-18(12-15)14-7-8-14/h13-16H,2-12,17H2,1H3. The predicted molar refractivity (Wildman–Crippen MR) is 80.2 cm³/mol. The number of nitrogens with two attached hydrogens (primary N) is 1. The fraction of sp³-hybridized carbons (Fsp3) is 1.00. The number of hydrogen-bond donors (Lipinski definition) is 1. The van der Waals surface area contributed by atoms with Gasteiger partial charge in [0, 0.05) is 31.2 Å². The summed E-state index contributed by atoms with van der Waals surface area (Å²) in [6.07, 6.45) is 9.84. The van der Waals surface area contributed by atoms with E-state index in [0.29, 0.717) is 0 Å². The second-order valence-corrected chi connectivity index (χ2v) is 6.85. The summed E-state index contributed by atoms with van der Waals surface area (Å²) in [4.78, 5) is 5.56. The zero-order chi connectivity index (χ0) is 13.2. The Labute approximate surface area is 118 Å². The average molecular weight is 265 g/mol. The molecule has 3 aliphatic rings. The van der Waals surface area contributed by atoms with Crippen molar-refractivity contribution in [3.05, 3.63) is 0 Å². The minimum absolute atomic E-state index is 0.753. The summed E-state index contributed by atoms with van der Waals surface area (Å²) in [7, 11) is 0. The minimum Gasteiger partial charge on any atom is -0.330 e. The van der Waals surface area contributed by atoms with Crippen molar-refractivity contribution in [2.24, 2.45) is 11.7 Å². The molecule has 3 unspecified atom stereocenters. The Kier molecular flexibility index (Phi) is 4.45. The summed E-state index contributed by atoms with van der Waals surface area (Å²) in [5, 5.41) is 0. The molecule has 3 fully saturated rings. The van der Waals surface area contributed by atoms with E-state index < -0.39 is 0 Å². The maximum absolute atomic E-state index is 6.03. The second kappa shape index (κ2) is 6.11. The second-order valence-electron chi connectivity index (χ2n) is 6.85. The Morgan fingerprint density at radius 3 is 2.58 bits per heavy atom. The van der Waals surface area contributed by atoms with E-state index in [9.17, 15) is 0 Å². The molecule has 2 N–H and O–H groups in total. The van der Waals surface area contributed by atoms with Crippen LogP contribution < -0.4 is 5.73 Å². The van der Waals surface area contributed by atoms with Crippen LogP contribution in [0.5, 0.6) is 0 Å². The van der Waals surface area contributed by atoms with Gasteiger partial charge in [0.15, 0.2) is 0 Å². The van der Waals surface area contributed by atoms with Crippen molar-refractivity contribution in [1.82, 2.24) is 9.80 Å². The molecule has 0 spiro atoms. The van der Waals surface area contributed by atoms with Gasteiger partial charge in [-0.3, -0.25) is 9.80 Å². The molecule has 0 bridgehead atoms. The summed E-state index contributed by atoms with van der Waals surface area (Å²) in [6, 6.07) is 2.52. The van der Waals surface area contributed by atoms with Gasteiger partial charge >= 0.3 is 0 Å². The van der Waals surface area contributed by atoms with Crippen LogP contribution in [-0.4, -0.2) is 54.1 Å². The van der Waals surface area contributed by atoms with Crippen LogP contribution in [0.25, 0.3) is 0 Å². The summed E-state index contributed by atoms with van der Waals surface area (Å²) >= 11 is 0. The monoisotopic (exact) mass is 265 g/mol. The largest absolute Gasteiger partial charge is 0.330 e. The van der Waals surface area contributed by atoms with Crippen molar-refractivity contribution in [2.75, 3.05) is 26.2 Å². The van der Waals surface area contributed by atoms with Gasteiger partial charge in [0.05, 0.1) is 0 Å². The first-order valence-electron chi connectivity index (χ1n) is 8.53. The van der Waals surface area contributed by atoms with Crippen molar-refractivity contribution < 1.29 is 0 Å². The lowest BCUT2D eigenvalue weighted by atomic mass is 9.83. The third kappa shape index (κ3) is 2.98. The van der Waals surface area contributed by atoms with E-state index in [1.165, 1.54) is 64.6 Å². The van der Waals surface area contributed by atoms with Gasteiger partial charge in [0.2, 0.25) is 0 Å². The van der Waals surface area contributed by atoms with E-state index in [1.807, 2.05) is 0 Å². The maximum atomic E-state index is 6.03. The minimum atomic E-state index is 0.753. The molecule has 0 aromatic heterocycles. The highest BCUT2D eigenvalue weighted by Crippen LogP contribution is 2.34. The van der Waals surface area contributed by atoms with Gasteiger partial charge in [-0.2, -0.15) is 0 Å². The molecule has 3 nitrogen and oxygen atoms in total. The van der Waals surface area contributed by atoms with E-state index in [4.69, 9.17) is 5.73 Å². The van der Waals surface area contributed by atoms with Gasteiger partial charge < -0.3 is 5.73 Å². The van der Waals surface area contributed by atoms with E-state index in [1.54, 1.807) is 0 Å². The third-order valence-electron chi connectivity index (χ3n) is 5.69. The van der Waals surface area contributed by atoms with Crippen molar-refractivity contribution in [1.29, 1.82) is 0 Å². The van der Waals surface area contributed by atoms with Gasteiger partial charge in [-0.1, -0.05) is 19.8 Å². The molecule has 2 saturated carbocycles. The van der Waals surface area contributed by atoms with Crippen LogP contribution >= 0.6 is 0 Å². The number of likely N-dealkylation sites (N-methyl/N-ethyl adjacent to an activating group) is 1. The van der Waals surface area contributed by atoms with E-state index in [2.05, 4.69) is 16.7 Å². The van der Waals surface area contributed by atoms with Crippen molar-refractivity contribution in [2.45, 2.75) is 70.0 Å². The highest BCUT2D eigenvalue weighted by atomic mass is 15.3. The normalized spacial score (nSPS) is 37.1. The third-order valence-corrected chi connectivity index (χ3v) is 5.69. The number of rotatable bonds is 5. The number of hydrogen-bond acceptors (Lipinski definition) is 3. The zero-order valence-electron chi connectivity index (χ0n) is 12.6. The van der Waals surface area contributed by atoms with Crippen LogP contribution in [0.4, 0.5) is 0 Å². The first-order valence-corrected chi connectivity index (χ1v) is 8.53. The number of nitrogens with zero attached hydrogens (tertiary/aromatic N) is 2. The van der Waals surface area contributed by atoms with Crippen LogP contribution in [0, 0.1) is 5.92 Å². The topological polar surface area (TPSA) is 32.5 Å². The molecule has 0 aromatic carbocycles. The molecule has 110 valence electrons. The molecular formula is C16H31N3. The molecule has 0 amide bonds. The quantitative estimate of drug-likeness (QED) is 0.826. The Hall–Kier alpha value is -0.120. The Bertz CT molecular complexity index is 290. The van der Waals surface area contributed by atoms with Crippen LogP contribution in [0.15, 0.2) is 0 Å². The first kappa shape index (κ1) is 13.8. The summed E-state index contributed by atoms with van der Waals surface area (Å²) in [5.41, 5.74) is 6.03. The first-order chi connectivity index (χ1) is 9.33. The Morgan fingerprint density at radius 1 is 1.11 bits per heavy atom. The highest BCUT2D eigenvalue weighted by molar-refractivity contribution is 4.95. The fourth-order valence-corrected chi connectivity index (χ4v) is 4.47. The van der Waals surface area contributed by atoms with Crippen molar-refractivity contribution >= 4 is 0 Å². The van der Waals surface area contributed by atoms with Crippen LogP contribution in [0.2, 0.25) is 0 Å². The van der Waals surface area contributed by atoms with Gasteiger partial charge in [-0.15, -0.1) is 0 Å². The van der Waals surface area contributed by atoms with Crippen LogP contribution in [-0.2, 0) is 0 Å². The Morgan fingerprint density at radius 2 is 1.89 bits per heavy atom. The van der Waals surface area contributed by atoms with Gasteiger partial charge in [-0.25, -0.2) is 0 Å². The predicted octanol–water partition coefficient (Wildman–Crippen LogP) is 2.06. The molecule has 0 radical (unpaired) electrons. The fourth-order valence-electron chi connectivity index (χ4n) is 4.47. The lowest BCUT2D eigenvalue weighted by Crippen LogP contribution is -2.50. The molecule has 3 atom stereocenters.